The molecule has 1 aromatic carbocycles. The van der Waals surface area contributed by atoms with Crippen LogP contribution >= 0.6 is 23.2 Å². The summed E-state index contributed by atoms with van der Waals surface area (Å²) in [7, 11) is 1.57. The number of benzene rings is 1. The lowest BCUT2D eigenvalue weighted by molar-refractivity contribution is -0.144. The summed E-state index contributed by atoms with van der Waals surface area (Å²) in [5.74, 6) is 3.68. The number of carbonyl (C=O) groups excluding carboxylic acids is 1. The molecule has 0 aliphatic carbocycles. The minimum atomic E-state index is -1.16. The zero-order valence-electron chi connectivity index (χ0n) is 14.0. The minimum absolute atomic E-state index is 0.0599. The molecule has 11 heteroatoms. The van der Waals surface area contributed by atoms with Crippen LogP contribution in [0.4, 0.5) is 0 Å². The van der Waals surface area contributed by atoms with Crippen LogP contribution in [-0.2, 0) is 11.8 Å². The molecular formula is C15H16Cl2N4O5. The van der Waals surface area contributed by atoms with Crippen LogP contribution in [0.1, 0.15) is 23.0 Å². The van der Waals surface area contributed by atoms with E-state index in [-0.39, 0.29) is 33.0 Å². The molecule has 0 aliphatic heterocycles. The summed E-state index contributed by atoms with van der Waals surface area (Å²) in [6, 6.07) is 2.67. The Morgan fingerprint density at radius 2 is 1.92 bits per heavy atom. The molecule has 0 unspecified atom stereocenters. The highest BCUT2D eigenvalue weighted by molar-refractivity contribution is 6.36. The summed E-state index contributed by atoms with van der Waals surface area (Å²) in [4.78, 5) is 22.9. The van der Waals surface area contributed by atoms with Gasteiger partial charge in [0, 0.05) is 13.1 Å². The van der Waals surface area contributed by atoms with Gasteiger partial charge in [-0.25, -0.2) is 15.3 Å². The number of hydrogen-bond donors (Lipinski definition) is 3. The molecule has 1 aromatic heterocycles. The molecule has 4 N–H and O–H groups in total. The monoisotopic (exact) mass is 402 g/mol. The van der Waals surface area contributed by atoms with Crippen LogP contribution in [0.3, 0.4) is 0 Å². The van der Waals surface area contributed by atoms with Crippen molar-refractivity contribution in [2.45, 2.75) is 20.0 Å². The predicted octanol–water partition coefficient (Wildman–Crippen LogP) is 2.28. The highest BCUT2D eigenvalue weighted by Gasteiger charge is 2.23. The zero-order chi connectivity index (χ0) is 19.6. The molecule has 0 saturated heterocycles. The molecule has 1 amide bonds. The summed E-state index contributed by atoms with van der Waals surface area (Å²) in [6.45, 7) is 2.96. The zero-order valence-corrected chi connectivity index (χ0v) is 15.6. The van der Waals surface area contributed by atoms with E-state index >= 15 is 0 Å². The number of nitrogens with two attached hydrogens (primary N) is 1. The first kappa shape index (κ1) is 19.8. The molecule has 0 fully saturated rings. The van der Waals surface area contributed by atoms with E-state index in [4.69, 9.17) is 43.6 Å². The van der Waals surface area contributed by atoms with E-state index in [1.54, 1.807) is 14.0 Å². The quantitative estimate of drug-likeness (QED) is 0.383. The second kappa shape index (κ2) is 7.81. The Kier molecular flexibility index (Phi) is 5.96. The average molecular weight is 403 g/mol. The van der Waals surface area contributed by atoms with Crippen molar-refractivity contribution in [3.8, 4) is 17.4 Å². The van der Waals surface area contributed by atoms with Crippen molar-refractivity contribution in [3.63, 3.8) is 0 Å². The fourth-order valence-electron chi connectivity index (χ4n) is 2.11. The summed E-state index contributed by atoms with van der Waals surface area (Å²) >= 11 is 12.2. The Morgan fingerprint density at radius 3 is 2.50 bits per heavy atom. The largest absolute Gasteiger partial charge is 0.479 e. The maximum atomic E-state index is 12.0. The first-order valence-electron chi connectivity index (χ1n) is 7.26. The topological polar surface area (TPSA) is 129 Å². The van der Waals surface area contributed by atoms with Crippen LogP contribution in [0.2, 0.25) is 10.0 Å². The molecule has 1 heterocycles. The number of hydrazine groups is 1. The van der Waals surface area contributed by atoms with Gasteiger partial charge >= 0.3 is 5.97 Å². The molecule has 0 bridgehead atoms. The molecule has 140 valence electrons. The van der Waals surface area contributed by atoms with E-state index in [1.165, 1.54) is 23.7 Å². The Labute approximate surface area is 158 Å². The molecule has 2 rings (SSSR count). The van der Waals surface area contributed by atoms with Crippen molar-refractivity contribution in [1.82, 2.24) is 15.2 Å². The first-order chi connectivity index (χ1) is 12.1. The summed E-state index contributed by atoms with van der Waals surface area (Å²) in [5, 5.41) is 13.3. The Morgan fingerprint density at radius 1 is 1.31 bits per heavy atom. The average Bonchev–Trinajstić information content (AvgIpc) is 2.84. The number of nitrogens with one attached hydrogen (secondary N) is 1. The molecule has 0 saturated carbocycles. The van der Waals surface area contributed by atoms with E-state index in [1.807, 2.05) is 5.43 Å². The highest BCUT2D eigenvalue weighted by atomic mass is 35.5. The molecule has 9 nitrogen and oxygen atoms in total. The van der Waals surface area contributed by atoms with Crippen LogP contribution in [-0.4, -0.2) is 32.9 Å². The fraction of sp³-hybridized carbons (Fsp3) is 0.267. The van der Waals surface area contributed by atoms with E-state index < -0.39 is 18.0 Å². The third kappa shape index (κ3) is 4.01. The number of carboxylic acid groups (broad SMARTS) is 1. The van der Waals surface area contributed by atoms with Gasteiger partial charge in [-0.1, -0.05) is 23.2 Å². The number of aryl methyl sites for hydroxylation is 2. The number of nitrogens with zero attached hydrogens (tertiary/aromatic N) is 2. The number of nitrogen functional groups attached to an aromatic ring is 1. The lowest BCUT2D eigenvalue weighted by atomic mass is 10.2. The first-order valence-corrected chi connectivity index (χ1v) is 8.02. The standard InChI is InChI=1S/C15H16Cl2N4O5/c1-6-12(13(22)19-18)14(21(3)20-6)26-11-5-10(8(16)4-9(11)17)25-7(2)15(23)24/h4-5,7H,18H2,1-3H3,(H,19,22)(H,23,24)/t7-/m0/s1. The van der Waals surface area contributed by atoms with E-state index in [9.17, 15) is 9.59 Å². The van der Waals surface area contributed by atoms with Gasteiger partial charge in [0.05, 0.1) is 15.7 Å². The summed E-state index contributed by atoms with van der Waals surface area (Å²) < 4.78 is 12.3. The number of hydrogen-bond acceptors (Lipinski definition) is 6. The highest BCUT2D eigenvalue weighted by Crippen LogP contribution is 2.39. The van der Waals surface area contributed by atoms with Gasteiger partial charge in [0.25, 0.3) is 5.91 Å². The molecule has 0 aliphatic rings. The van der Waals surface area contributed by atoms with Crippen LogP contribution < -0.4 is 20.7 Å². The van der Waals surface area contributed by atoms with Crippen LogP contribution in [0.5, 0.6) is 17.4 Å². The van der Waals surface area contributed by atoms with Crippen molar-refractivity contribution < 1.29 is 24.2 Å². The lowest BCUT2D eigenvalue weighted by Crippen LogP contribution is -2.30. The van der Waals surface area contributed by atoms with E-state index in [0.717, 1.165) is 0 Å². The van der Waals surface area contributed by atoms with E-state index in [2.05, 4.69) is 5.10 Å². The number of carbonyl (C=O) groups is 2. The third-order valence-corrected chi connectivity index (χ3v) is 3.96. The van der Waals surface area contributed by atoms with Gasteiger partial charge in [-0.15, -0.1) is 0 Å². The van der Waals surface area contributed by atoms with Crippen LogP contribution in [0, 0.1) is 6.92 Å². The third-order valence-electron chi connectivity index (χ3n) is 3.37. The van der Waals surface area contributed by atoms with Crippen molar-refractivity contribution in [2.24, 2.45) is 12.9 Å². The Balaban J connectivity index is 2.45. The SMILES string of the molecule is Cc1nn(C)c(Oc2cc(O[C@@H](C)C(=O)O)c(Cl)cc2Cl)c1C(=O)NN. The molecule has 0 spiro atoms. The van der Waals surface area contributed by atoms with Crippen molar-refractivity contribution >= 4 is 35.1 Å². The predicted molar refractivity (Wildman–Crippen MR) is 93.9 cm³/mol. The maximum absolute atomic E-state index is 12.0. The molecule has 1 atom stereocenters. The maximum Gasteiger partial charge on any atom is 0.344 e. The van der Waals surface area contributed by atoms with E-state index in [0.29, 0.717) is 5.69 Å². The number of halogens is 2. The summed E-state index contributed by atoms with van der Waals surface area (Å²) in [6.07, 6.45) is -1.14. The van der Waals surface area contributed by atoms with Gasteiger partial charge in [-0.3, -0.25) is 10.2 Å². The minimum Gasteiger partial charge on any atom is -0.479 e. The Hall–Kier alpha value is -2.49. The van der Waals surface area contributed by atoms with Crippen molar-refractivity contribution in [1.29, 1.82) is 0 Å². The number of carboxylic acids is 1. The molecule has 2 aromatic rings. The number of rotatable bonds is 6. The number of ether oxygens (including phenoxy) is 2. The van der Waals surface area contributed by atoms with Crippen LogP contribution in [0.25, 0.3) is 0 Å². The molecule has 26 heavy (non-hydrogen) atoms. The van der Waals surface area contributed by atoms with Gasteiger partial charge in [-0.05, 0) is 19.9 Å². The number of amides is 1. The number of aromatic nitrogens is 2. The lowest BCUT2D eigenvalue weighted by Gasteiger charge is -2.15. The van der Waals surface area contributed by atoms with Gasteiger partial charge < -0.3 is 14.6 Å². The van der Waals surface area contributed by atoms with Crippen LogP contribution in [0.15, 0.2) is 12.1 Å². The smallest absolute Gasteiger partial charge is 0.344 e. The van der Waals surface area contributed by atoms with Gasteiger partial charge in [0.1, 0.15) is 11.3 Å². The van der Waals surface area contributed by atoms with Crippen molar-refractivity contribution in [2.75, 3.05) is 0 Å². The number of aliphatic carboxylic acids is 1. The molecule has 0 radical (unpaired) electrons. The van der Waals surface area contributed by atoms with Crippen molar-refractivity contribution in [3.05, 3.63) is 33.4 Å². The fourth-order valence-corrected chi connectivity index (χ4v) is 2.58. The normalized spacial score (nSPS) is 11.8. The van der Waals surface area contributed by atoms with Gasteiger partial charge in [-0.2, -0.15) is 5.10 Å². The Bertz CT molecular complexity index is 868. The van der Waals surface area contributed by atoms with Gasteiger partial charge in [0.15, 0.2) is 11.9 Å². The van der Waals surface area contributed by atoms with Gasteiger partial charge in [0.2, 0.25) is 5.88 Å². The second-order valence-corrected chi connectivity index (χ2v) is 6.09. The summed E-state index contributed by atoms with van der Waals surface area (Å²) in [5.41, 5.74) is 2.54. The second-order valence-electron chi connectivity index (χ2n) is 5.28. The molecular weight excluding hydrogens is 387 g/mol.